The number of rotatable bonds is 7. The first-order chi connectivity index (χ1) is 7.74. The zero-order chi connectivity index (χ0) is 11.8. The van der Waals surface area contributed by atoms with Gasteiger partial charge in [0.1, 0.15) is 0 Å². The molecule has 1 rings (SSSR count). The summed E-state index contributed by atoms with van der Waals surface area (Å²) < 4.78 is 4.97. The van der Waals surface area contributed by atoms with Gasteiger partial charge in [0.05, 0.1) is 6.61 Å². The molecule has 0 atom stereocenters. The van der Waals surface area contributed by atoms with Crippen molar-refractivity contribution in [2.24, 2.45) is 0 Å². The molecule has 0 saturated carbocycles. The van der Waals surface area contributed by atoms with Gasteiger partial charge in [-0.1, -0.05) is 38.1 Å². The summed E-state index contributed by atoms with van der Waals surface area (Å²) in [6, 6.07) is 8.92. The molecule has 1 aromatic carbocycles. The summed E-state index contributed by atoms with van der Waals surface area (Å²) in [5.41, 5.74) is 2.81. The maximum Gasteiger partial charge on any atom is 0.0587 e. The van der Waals surface area contributed by atoms with E-state index in [1.165, 1.54) is 11.1 Å². The Bertz CT molecular complexity index is 279. The first-order valence-electron chi connectivity index (χ1n) is 6.02. The fourth-order valence-corrected chi connectivity index (χ4v) is 1.60. The minimum atomic E-state index is 0.619. The predicted octanol–water partition coefficient (Wildman–Crippen LogP) is 2.59. The highest BCUT2D eigenvalue weighted by Gasteiger charge is 1.98. The number of nitrogens with one attached hydrogen (secondary N) is 1. The SMILES string of the molecule is COCCNCCc1ccc(C(C)C)cc1. The predicted molar refractivity (Wildman–Crippen MR) is 69.0 cm³/mol. The second-order valence-corrected chi connectivity index (χ2v) is 4.39. The monoisotopic (exact) mass is 221 g/mol. The summed E-state index contributed by atoms with van der Waals surface area (Å²) in [6.45, 7) is 7.18. The van der Waals surface area contributed by atoms with Crippen LogP contribution in [0.4, 0.5) is 0 Å². The Balaban J connectivity index is 2.27. The molecule has 0 unspecified atom stereocenters. The van der Waals surface area contributed by atoms with Gasteiger partial charge in [-0.3, -0.25) is 0 Å². The molecule has 2 nitrogen and oxygen atoms in total. The largest absolute Gasteiger partial charge is 0.383 e. The Labute approximate surface area is 99.0 Å². The molecule has 2 heteroatoms. The van der Waals surface area contributed by atoms with Crippen molar-refractivity contribution in [2.45, 2.75) is 26.2 Å². The third-order valence-corrected chi connectivity index (χ3v) is 2.72. The lowest BCUT2D eigenvalue weighted by molar-refractivity contribution is 0.199. The third-order valence-electron chi connectivity index (χ3n) is 2.72. The van der Waals surface area contributed by atoms with E-state index in [0.717, 1.165) is 26.1 Å². The van der Waals surface area contributed by atoms with E-state index in [2.05, 4.69) is 43.4 Å². The van der Waals surface area contributed by atoms with Crippen LogP contribution in [0.2, 0.25) is 0 Å². The Kier molecular flexibility index (Phi) is 6.12. The van der Waals surface area contributed by atoms with E-state index in [-0.39, 0.29) is 0 Å². The Hall–Kier alpha value is -0.860. The maximum absolute atomic E-state index is 4.97. The van der Waals surface area contributed by atoms with Gasteiger partial charge in [0.25, 0.3) is 0 Å². The van der Waals surface area contributed by atoms with Gasteiger partial charge in [-0.15, -0.1) is 0 Å². The maximum atomic E-state index is 4.97. The van der Waals surface area contributed by atoms with Crippen LogP contribution in [-0.4, -0.2) is 26.8 Å². The molecule has 0 heterocycles. The fraction of sp³-hybridized carbons (Fsp3) is 0.571. The Morgan fingerprint density at radius 3 is 2.38 bits per heavy atom. The quantitative estimate of drug-likeness (QED) is 0.715. The lowest BCUT2D eigenvalue weighted by atomic mass is 10.0. The number of methoxy groups -OCH3 is 1. The summed E-state index contributed by atoms with van der Waals surface area (Å²) >= 11 is 0. The summed E-state index contributed by atoms with van der Waals surface area (Å²) in [5, 5.41) is 3.35. The minimum absolute atomic E-state index is 0.619. The van der Waals surface area contributed by atoms with Crippen LogP contribution in [0.25, 0.3) is 0 Å². The van der Waals surface area contributed by atoms with Crippen LogP contribution >= 0.6 is 0 Å². The molecular weight excluding hydrogens is 198 g/mol. The lowest BCUT2D eigenvalue weighted by Gasteiger charge is -2.07. The van der Waals surface area contributed by atoms with Gasteiger partial charge < -0.3 is 10.1 Å². The summed E-state index contributed by atoms with van der Waals surface area (Å²) in [4.78, 5) is 0. The van der Waals surface area contributed by atoms with Gasteiger partial charge in [-0.05, 0) is 30.0 Å². The van der Waals surface area contributed by atoms with Crippen LogP contribution in [0, 0.1) is 0 Å². The van der Waals surface area contributed by atoms with E-state index >= 15 is 0 Å². The van der Waals surface area contributed by atoms with Gasteiger partial charge in [-0.2, -0.15) is 0 Å². The third kappa shape index (κ3) is 4.77. The lowest BCUT2D eigenvalue weighted by Crippen LogP contribution is -2.21. The average molecular weight is 221 g/mol. The fourth-order valence-electron chi connectivity index (χ4n) is 1.60. The molecule has 16 heavy (non-hydrogen) atoms. The van der Waals surface area contributed by atoms with Crippen LogP contribution in [0.15, 0.2) is 24.3 Å². The molecule has 0 aliphatic rings. The van der Waals surface area contributed by atoms with Crippen LogP contribution in [0.3, 0.4) is 0 Å². The van der Waals surface area contributed by atoms with Crippen molar-refractivity contribution in [3.63, 3.8) is 0 Å². The molecule has 0 fully saturated rings. The van der Waals surface area contributed by atoms with E-state index in [9.17, 15) is 0 Å². The highest BCUT2D eigenvalue weighted by molar-refractivity contribution is 5.24. The molecule has 0 spiro atoms. The number of ether oxygens (including phenoxy) is 1. The standard InChI is InChI=1S/C14H23NO/c1-12(2)14-6-4-13(5-7-14)8-9-15-10-11-16-3/h4-7,12,15H,8-11H2,1-3H3. The Morgan fingerprint density at radius 1 is 1.12 bits per heavy atom. The highest BCUT2D eigenvalue weighted by atomic mass is 16.5. The van der Waals surface area contributed by atoms with Crippen molar-refractivity contribution < 1.29 is 4.74 Å². The zero-order valence-corrected chi connectivity index (χ0v) is 10.6. The molecule has 0 aliphatic heterocycles. The van der Waals surface area contributed by atoms with E-state index in [4.69, 9.17) is 4.74 Å². The van der Waals surface area contributed by atoms with E-state index in [0.29, 0.717) is 5.92 Å². The molecule has 0 saturated heterocycles. The molecule has 0 bridgehead atoms. The van der Waals surface area contributed by atoms with Crippen LogP contribution in [0.1, 0.15) is 30.9 Å². The molecule has 1 N–H and O–H groups in total. The van der Waals surface area contributed by atoms with Gasteiger partial charge in [0.2, 0.25) is 0 Å². The van der Waals surface area contributed by atoms with Crippen molar-refractivity contribution in [3.8, 4) is 0 Å². The Morgan fingerprint density at radius 2 is 1.81 bits per heavy atom. The average Bonchev–Trinajstić information content (AvgIpc) is 2.29. The van der Waals surface area contributed by atoms with Crippen molar-refractivity contribution in [2.75, 3.05) is 26.8 Å². The number of hydrogen-bond acceptors (Lipinski definition) is 2. The van der Waals surface area contributed by atoms with Crippen molar-refractivity contribution in [1.82, 2.24) is 5.32 Å². The molecule has 0 amide bonds. The molecular formula is C14H23NO. The van der Waals surface area contributed by atoms with E-state index < -0.39 is 0 Å². The van der Waals surface area contributed by atoms with E-state index in [1.807, 2.05) is 0 Å². The smallest absolute Gasteiger partial charge is 0.0587 e. The first-order valence-corrected chi connectivity index (χ1v) is 6.02. The number of benzene rings is 1. The van der Waals surface area contributed by atoms with Crippen molar-refractivity contribution in [1.29, 1.82) is 0 Å². The molecule has 0 radical (unpaired) electrons. The van der Waals surface area contributed by atoms with Crippen LogP contribution in [0.5, 0.6) is 0 Å². The molecule has 90 valence electrons. The second kappa shape index (κ2) is 7.42. The summed E-state index contributed by atoms with van der Waals surface area (Å²) in [7, 11) is 1.73. The first kappa shape index (κ1) is 13.2. The summed E-state index contributed by atoms with van der Waals surface area (Å²) in [6.07, 6.45) is 1.09. The van der Waals surface area contributed by atoms with Gasteiger partial charge >= 0.3 is 0 Å². The normalized spacial score (nSPS) is 11.0. The molecule has 1 aromatic rings. The summed E-state index contributed by atoms with van der Waals surface area (Å²) in [5.74, 6) is 0.619. The van der Waals surface area contributed by atoms with Crippen LogP contribution in [-0.2, 0) is 11.2 Å². The van der Waals surface area contributed by atoms with Gasteiger partial charge in [0.15, 0.2) is 0 Å². The van der Waals surface area contributed by atoms with E-state index in [1.54, 1.807) is 7.11 Å². The number of hydrogen-bond donors (Lipinski definition) is 1. The van der Waals surface area contributed by atoms with Gasteiger partial charge in [-0.25, -0.2) is 0 Å². The molecule has 0 aliphatic carbocycles. The topological polar surface area (TPSA) is 21.3 Å². The zero-order valence-electron chi connectivity index (χ0n) is 10.6. The highest BCUT2D eigenvalue weighted by Crippen LogP contribution is 2.14. The van der Waals surface area contributed by atoms with Crippen molar-refractivity contribution >= 4 is 0 Å². The van der Waals surface area contributed by atoms with Crippen LogP contribution < -0.4 is 5.32 Å². The van der Waals surface area contributed by atoms with Gasteiger partial charge in [0, 0.05) is 13.7 Å². The minimum Gasteiger partial charge on any atom is -0.383 e. The van der Waals surface area contributed by atoms with Crippen molar-refractivity contribution in [3.05, 3.63) is 35.4 Å². The molecule has 0 aromatic heterocycles. The second-order valence-electron chi connectivity index (χ2n) is 4.39.